The van der Waals surface area contributed by atoms with Gasteiger partial charge >= 0.3 is 6.36 Å². The van der Waals surface area contributed by atoms with Gasteiger partial charge in [-0.15, -0.1) is 18.3 Å². The molecule has 0 aliphatic carbocycles. The highest BCUT2D eigenvalue weighted by Crippen LogP contribution is 2.23. The Morgan fingerprint density at radius 3 is 2.33 bits per heavy atom. The number of unbranched alkanes of at least 4 members (excludes halogenated alkanes) is 1. The molecule has 2 heterocycles. The van der Waals surface area contributed by atoms with Gasteiger partial charge in [0, 0.05) is 19.3 Å². The lowest BCUT2D eigenvalue weighted by Crippen LogP contribution is -2.16. The molecule has 0 N–H and O–H groups in total. The largest absolute Gasteiger partial charge is 0.573 e. The van der Waals surface area contributed by atoms with Gasteiger partial charge < -0.3 is 13.9 Å². The normalized spacial score (nSPS) is 11.8. The lowest BCUT2D eigenvalue weighted by atomic mass is 10.1. The van der Waals surface area contributed by atoms with Crippen molar-refractivity contribution in [3.63, 3.8) is 0 Å². The van der Waals surface area contributed by atoms with Crippen molar-refractivity contribution in [2.75, 3.05) is 0 Å². The Morgan fingerprint density at radius 2 is 1.64 bits per heavy atom. The number of hydrogen-bond acceptors (Lipinski definition) is 6. The molecule has 4 rings (SSSR count). The number of ether oxygens (including phenoxy) is 2. The van der Waals surface area contributed by atoms with E-state index in [2.05, 4.69) is 32.2 Å². The third kappa shape index (κ3) is 8.00. The lowest BCUT2D eigenvalue weighted by Gasteiger charge is -2.08. The Morgan fingerprint density at radius 1 is 0.917 bits per heavy atom. The molecule has 4 aromatic rings. The smallest absolute Gasteiger partial charge is 0.487 e. The van der Waals surface area contributed by atoms with Crippen LogP contribution in [0.25, 0.3) is 12.2 Å². The molecule has 0 fully saturated rings. The zero-order valence-electron chi connectivity index (χ0n) is 19.6. The van der Waals surface area contributed by atoms with E-state index in [-0.39, 0.29) is 12.4 Å². The van der Waals surface area contributed by atoms with Gasteiger partial charge in [0.2, 0.25) is 5.89 Å². The van der Waals surface area contributed by atoms with Crippen LogP contribution >= 0.6 is 0 Å². The highest BCUT2D eigenvalue weighted by Gasteiger charge is 2.30. The number of rotatable bonds is 11. The molecule has 0 bridgehead atoms. The van der Waals surface area contributed by atoms with Gasteiger partial charge in [-0.25, -0.2) is 4.98 Å². The molecule has 0 unspecified atom stereocenters. The number of halogens is 3. The minimum Gasteiger partial charge on any atom is -0.487 e. The van der Waals surface area contributed by atoms with Crippen LogP contribution < -0.4 is 9.47 Å². The topological polar surface area (TPSA) is 75.2 Å². The molecule has 0 spiro atoms. The van der Waals surface area contributed by atoms with E-state index in [1.54, 1.807) is 16.8 Å². The van der Waals surface area contributed by atoms with Crippen molar-refractivity contribution in [3.05, 3.63) is 89.4 Å². The SMILES string of the molecule is Cn1cc(CCCCc2ccc(OCc3coc(/C=C/c4ccc(OC(F)(F)F)cc4)n3)cc2)nn1. The fourth-order valence-corrected chi connectivity index (χ4v) is 3.47. The van der Waals surface area contributed by atoms with Crippen molar-refractivity contribution in [2.24, 2.45) is 7.05 Å². The van der Waals surface area contributed by atoms with Gasteiger partial charge in [-0.05, 0) is 67.2 Å². The Hall–Kier alpha value is -4.08. The first-order valence-electron chi connectivity index (χ1n) is 11.4. The van der Waals surface area contributed by atoms with Crippen LogP contribution in [0, 0.1) is 0 Å². The van der Waals surface area contributed by atoms with Crippen LogP contribution in [0.1, 0.15) is 41.2 Å². The van der Waals surface area contributed by atoms with Crippen LogP contribution in [0.3, 0.4) is 0 Å². The maximum absolute atomic E-state index is 12.2. The standard InChI is InChI=1S/C26H25F3N4O3/c1-33-16-21(31-32-33)5-3-2-4-19-6-11-23(12-7-19)34-17-22-18-35-25(30-22)15-10-20-8-13-24(14-9-20)36-26(27,28)29/h6-16,18H,2-5,17H2,1H3/b15-10+. The summed E-state index contributed by atoms with van der Waals surface area (Å²) in [6.45, 7) is 0.248. The summed E-state index contributed by atoms with van der Waals surface area (Å²) in [7, 11) is 1.87. The fourth-order valence-electron chi connectivity index (χ4n) is 3.47. The molecule has 0 radical (unpaired) electrons. The van der Waals surface area contributed by atoms with Gasteiger partial charge in [0.25, 0.3) is 0 Å². The van der Waals surface area contributed by atoms with E-state index in [9.17, 15) is 13.2 Å². The molecule has 10 heteroatoms. The average molecular weight is 499 g/mol. The predicted molar refractivity (Wildman–Crippen MR) is 127 cm³/mol. The number of benzene rings is 2. The molecule has 2 aromatic carbocycles. The molecule has 0 atom stereocenters. The summed E-state index contributed by atoms with van der Waals surface area (Å²) in [6, 6.07) is 13.5. The zero-order valence-corrected chi connectivity index (χ0v) is 19.6. The molecule has 0 amide bonds. The summed E-state index contributed by atoms with van der Waals surface area (Å²) >= 11 is 0. The van der Waals surface area contributed by atoms with Crippen molar-refractivity contribution in [2.45, 2.75) is 38.7 Å². The van der Waals surface area contributed by atoms with Crippen LogP contribution in [0.5, 0.6) is 11.5 Å². The number of aromatic nitrogens is 4. The van der Waals surface area contributed by atoms with E-state index >= 15 is 0 Å². The molecular weight excluding hydrogens is 473 g/mol. The zero-order chi connectivity index (χ0) is 25.4. The van der Waals surface area contributed by atoms with Crippen molar-refractivity contribution >= 4 is 12.2 Å². The van der Waals surface area contributed by atoms with E-state index in [0.717, 1.165) is 37.1 Å². The minimum absolute atomic E-state index is 0.248. The second-order valence-electron chi connectivity index (χ2n) is 8.15. The molecule has 0 saturated carbocycles. The third-order valence-electron chi connectivity index (χ3n) is 5.21. The first-order chi connectivity index (χ1) is 17.3. The lowest BCUT2D eigenvalue weighted by molar-refractivity contribution is -0.274. The Kier molecular flexibility index (Phi) is 8.04. The van der Waals surface area contributed by atoms with Gasteiger partial charge in [0.15, 0.2) is 0 Å². The summed E-state index contributed by atoms with van der Waals surface area (Å²) in [6.07, 6.45) is 6.07. The van der Waals surface area contributed by atoms with Crippen LogP contribution in [-0.2, 0) is 26.5 Å². The van der Waals surface area contributed by atoms with Gasteiger partial charge in [0.05, 0.1) is 5.69 Å². The Bertz CT molecular complexity index is 1260. The second-order valence-corrected chi connectivity index (χ2v) is 8.15. The van der Waals surface area contributed by atoms with Crippen molar-refractivity contribution in [1.29, 1.82) is 0 Å². The average Bonchev–Trinajstić information content (AvgIpc) is 3.48. The minimum atomic E-state index is -4.71. The molecule has 188 valence electrons. The number of hydrogen-bond donors (Lipinski definition) is 0. The first-order valence-corrected chi connectivity index (χ1v) is 11.4. The van der Waals surface area contributed by atoms with Gasteiger partial charge in [-0.2, -0.15) is 0 Å². The number of aryl methyl sites for hydroxylation is 3. The van der Waals surface area contributed by atoms with E-state index in [0.29, 0.717) is 17.1 Å². The molecule has 2 aromatic heterocycles. The van der Waals surface area contributed by atoms with Crippen molar-refractivity contribution in [1.82, 2.24) is 20.0 Å². The van der Waals surface area contributed by atoms with Crippen LogP contribution in [0.2, 0.25) is 0 Å². The Labute approximate surface area is 206 Å². The van der Waals surface area contributed by atoms with Crippen LogP contribution in [-0.4, -0.2) is 26.3 Å². The monoisotopic (exact) mass is 498 g/mol. The van der Waals surface area contributed by atoms with Gasteiger partial charge in [-0.1, -0.05) is 29.5 Å². The van der Waals surface area contributed by atoms with Crippen molar-refractivity contribution in [3.8, 4) is 11.5 Å². The van der Waals surface area contributed by atoms with Gasteiger partial charge in [-0.3, -0.25) is 4.68 Å². The Balaban J connectivity index is 1.19. The van der Waals surface area contributed by atoms with E-state index in [1.165, 1.54) is 36.1 Å². The predicted octanol–water partition coefficient (Wildman–Crippen LogP) is 6.02. The summed E-state index contributed by atoms with van der Waals surface area (Å²) < 4.78 is 53.5. The molecular formula is C26H25F3N4O3. The number of alkyl halides is 3. The molecule has 0 aliphatic heterocycles. The van der Waals surface area contributed by atoms with E-state index in [4.69, 9.17) is 9.15 Å². The van der Waals surface area contributed by atoms with Crippen molar-refractivity contribution < 1.29 is 27.1 Å². The van der Waals surface area contributed by atoms with E-state index in [1.807, 2.05) is 25.4 Å². The number of nitrogens with zero attached hydrogens (tertiary/aromatic N) is 4. The molecule has 0 aliphatic rings. The van der Waals surface area contributed by atoms with E-state index < -0.39 is 6.36 Å². The fraction of sp³-hybridized carbons (Fsp3) is 0.269. The quantitative estimate of drug-likeness (QED) is 0.236. The molecule has 7 nitrogen and oxygen atoms in total. The summed E-state index contributed by atoms with van der Waals surface area (Å²) in [5, 5.41) is 8.04. The van der Waals surface area contributed by atoms with Crippen LogP contribution in [0.15, 0.2) is 65.4 Å². The summed E-state index contributed by atoms with van der Waals surface area (Å²) in [5.74, 6) is 0.822. The van der Waals surface area contributed by atoms with Gasteiger partial charge in [0.1, 0.15) is 30.1 Å². The second kappa shape index (κ2) is 11.6. The maximum atomic E-state index is 12.2. The summed E-state index contributed by atoms with van der Waals surface area (Å²) in [4.78, 5) is 4.34. The molecule has 36 heavy (non-hydrogen) atoms. The summed E-state index contributed by atoms with van der Waals surface area (Å²) in [5.41, 5.74) is 3.56. The molecule has 0 saturated heterocycles. The van der Waals surface area contributed by atoms with Crippen LogP contribution in [0.4, 0.5) is 13.2 Å². The maximum Gasteiger partial charge on any atom is 0.573 e. The first kappa shape index (κ1) is 25.0. The number of oxazole rings is 1. The highest BCUT2D eigenvalue weighted by atomic mass is 19.4. The highest BCUT2D eigenvalue weighted by molar-refractivity contribution is 5.66. The third-order valence-corrected chi connectivity index (χ3v) is 5.21.